The van der Waals surface area contributed by atoms with E-state index in [9.17, 15) is 8.42 Å². The standard InChI is InChI=1S/C12H16ClNO2S/c1-12(2,3)14-8-7-9-10(14)5-4-6-11(9)17(13,15)16/h4-6H,7-8H2,1-3H3. The van der Waals surface area contributed by atoms with Crippen LogP contribution in [-0.4, -0.2) is 20.5 Å². The number of hydrogen-bond acceptors (Lipinski definition) is 3. The molecule has 0 N–H and O–H groups in total. The van der Waals surface area contributed by atoms with Crippen molar-refractivity contribution in [3.63, 3.8) is 0 Å². The highest BCUT2D eigenvalue weighted by Gasteiger charge is 2.31. The monoisotopic (exact) mass is 273 g/mol. The van der Waals surface area contributed by atoms with Gasteiger partial charge in [0.1, 0.15) is 0 Å². The fraction of sp³-hybridized carbons (Fsp3) is 0.500. The van der Waals surface area contributed by atoms with Crippen LogP contribution in [0, 0.1) is 0 Å². The highest BCUT2D eigenvalue weighted by molar-refractivity contribution is 8.13. The first-order valence-electron chi connectivity index (χ1n) is 5.55. The van der Waals surface area contributed by atoms with E-state index >= 15 is 0 Å². The molecule has 0 saturated heterocycles. The van der Waals surface area contributed by atoms with Crippen molar-refractivity contribution in [1.29, 1.82) is 0 Å². The van der Waals surface area contributed by atoms with Crippen LogP contribution in [0.1, 0.15) is 26.3 Å². The molecule has 17 heavy (non-hydrogen) atoms. The predicted octanol–water partition coefficient (Wildman–Crippen LogP) is 2.78. The summed E-state index contributed by atoms with van der Waals surface area (Å²) >= 11 is 0. The van der Waals surface area contributed by atoms with E-state index in [1.165, 1.54) is 0 Å². The average molecular weight is 274 g/mol. The van der Waals surface area contributed by atoms with Crippen LogP contribution < -0.4 is 4.90 Å². The summed E-state index contributed by atoms with van der Waals surface area (Å²) in [7, 11) is 1.81. The second-order valence-electron chi connectivity index (χ2n) is 5.26. The molecule has 1 aliphatic heterocycles. The fourth-order valence-corrected chi connectivity index (χ4v) is 3.50. The molecule has 0 fully saturated rings. The van der Waals surface area contributed by atoms with E-state index < -0.39 is 9.05 Å². The van der Waals surface area contributed by atoms with Crippen LogP contribution in [0.5, 0.6) is 0 Å². The van der Waals surface area contributed by atoms with Crippen LogP contribution in [0.4, 0.5) is 5.69 Å². The molecule has 5 heteroatoms. The Morgan fingerprint density at radius 3 is 2.47 bits per heavy atom. The van der Waals surface area contributed by atoms with Crippen LogP contribution in [0.25, 0.3) is 0 Å². The molecule has 1 aromatic rings. The SMILES string of the molecule is CC(C)(C)N1CCc2c1cccc2S(=O)(=O)Cl. The number of fused-ring (bicyclic) bond motifs is 1. The summed E-state index contributed by atoms with van der Waals surface area (Å²) in [5, 5.41) is 0. The molecule has 0 aromatic heterocycles. The highest BCUT2D eigenvalue weighted by atomic mass is 35.7. The molecule has 2 rings (SSSR count). The smallest absolute Gasteiger partial charge is 0.261 e. The minimum atomic E-state index is -3.65. The lowest BCUT2D eigenvalue weighted by molar-refractivity contribution is 0.518. The molecule has 94 valence electrons. The van der Waals surface area contributed by atoms with Gasteiger partial charge >= 0.3 is 0 Å². The lowest BCUT2D eigenvalue weighted by Gasteiger charge is -2.34. The van der Waals surface area contributed by atoms with Gasteiger partial charge in [-0.3, -0.25) is 0 Å². The van der Waals surface area contributed by atoms with Gasteiger partial charge in [-0.1, -0.05) is 6.07 Å². The fourth-order valence-electron chi connectivity index (χ4n) is 2.33. The van der Waals surface area contributed by atoms with Gasteiger partial charge in [0.15, 0.2) is 0 Å². The third kappa shape index (κ3) is 2.29. The lowest BCUT2D eigenvalue weighted by atomic mass is 10.1. The molecule has 0 bridgehead atoms. The first kappa shape index (κ1) is 12.7. The van der Waals surface area contributed by atoms with Gasteiger partial charge in [0, 0.05) is 28.5 Å². The first-order chi connectivity index (χ1) is 7.71. The third-order valence-corrected chi connectivity index (χ3v) is 4.46. The molecule has 0 unspecified atom stereocenters. The molecule has 3 nitrogen and oxygen atoms in total. The summed E-state index contributed by atoms with van der Waals surface area (Å²) in [4.78, 5) is 2.47. The molecule has 0 radical (unpaired) electrons. The predicted molar refractivity (Wildman–Crippen MR) is 70.3 cm³/mol. The second-order valence-corrected chi connectivity index (χ2v) is 7.80. The van der Waals surface area contributed by atoms with Crippen molar-refractivity contribution in [2.45, 2.75) is 37.6 Å². The topological polar surface area (TPSA) is 37.4 Å². The van der Waals surface area contributed by atoms with Gasteiger partial charge in [0.05, 0.1) is 4.90 Å². The van der Waals surface area contributed by atoms with Crippen molar-refractivity contribution in [3.8, 4) is 0 Å². The summed E-state index contributed by atoms with van der Waals surface area (Å²) in [5.74, 6) is 0. The minimum absolute atomic E-state index is 0.0139. The number of hydrogen-bond donors (Lipinski definition) is 0. The maximum absolute atomic E-state index is 11.5. The van der Waals surface area contributed by atoms with Gasteiger partial charge in [0.25, 0.3) is 9.05 Å². The zero-order chi connectivity index (χ0) is 12.8. The van der Waals surface area contributed by atoms with Gasteiger partial charge in [-0.2, -0.15) is 0 Å². The number of anilines is 1. The van der Waals surface area contributed by atoms with Gasteiger partial charge in [-0.05, 0) is 44.9 Å². The molecule has 0 saturated carbocycles. The molecule has 0 atom stereocenters. The molecule has 1 heterocycles. The van der Waals surface area contributed by atoms with Crippen LogP contribution in [0.15, 0.2) is 23.1 Å². The summed E-state index contributed by atoms with van der Waals surface area (Å²) in [6.45, 7) is 7.18. The van der Waals surface area contributed by atoms with Crippen LogP contribution >= 0.6 is 10.7 Å². The summed E-state index contributed by atoms with van der Waals surface area (Å²) in [6.07, 6.45) is 0.731. The maximum atomic E-state index is 11.5. The molecule has 1 aromatic carbocycles. The van der Waals surface area contributed by atoms with Crippen molar-refractivity contribution >= 4 is 25.4 Å². The van der Waals surface area contributed by atoms with E-state index in [1.54, 1.807) is 12.1 Å². The van der Waals surface area contributed by atoms with Gasteiger partial charge in [-0.15, -0.1) is 0 Å². The van der Waals surface area contributed by atoms with Gasteiger partial charge < -0.3 is 4.90 Å². The van der Waals surface area contributed by atoms with E-state index in [0.717, 1.165) is 24.2 Å². The molecule has 0 aliphatic carbocycles. The zero-order valence-electron chi connectivity index (χ0n) is 10.2. The Balaban J connectivity index is 2.58. The Morgan fingerprint density at radius 1 is 1.29 bits per heavy atom. The molecule has 0 amide bonds. The Kier molecular flexibility index (Phi) is 2.91. The first-order valence-corrected chi connectivity index (χ1v) is 7.86. The van der Waals surface area contributed by atoms with Crippen molar-refractivity contribution in [3.05, 3.63) is 23.8 Å². The number of benzene rings is 1. The molecular formula is C12H16ClNO2S. The molecular weight excluding hydrogens is 258 g/mol. The van der Waals surface area contributed by atoms with Crippen molar-refractivity contribution < 1.29 is 8.42 Å². The van der Waals surface area contributed by atoms with Gasteiger partial charge in [0.2, 0.25) is 0 Å². The molecule has 1 aliphatic rings. The lowest BCUT2D eigenvalue weighted by Crippen LogP contribution is -2.40. The van der Waals surface area contributed by atoms with E-state index in [2.05, 4.69) is 25.7 Å². The largest absolute Gasteiger partial charge is 0.366 e. The summed E-state index contributed by atoms with van der Waals surface area (Å²) in [5.41, 5.74) is 1.82. The van der Waals surface area contributed by atoms with Crippen molar-refractivity contribution in [2.75, 3.05) is 11.4 Å². The average Bonchev–Trinajstić information content (AvgIpc) is 2.57. The Labute approximate surface area is 107 Å². The Hall–Kier alpha value is -0.740. The van der Waals surface area contributed by atoms with Crippen LogP contribution in [0.3, 0.4) is 0 Å². The van der Waals surface area contributed by atoms with Gasteiger partial charge in [-0.25, -0.2) is 8.42 Å². The number of rotatable bonds is 1. The third-order valence-electron chi connectivity index (χ3n) is 3.06. The second kappa shape index (κ2) is 3.89. The number of halogens is 1. The summed E-state index contributed by atoms with van der Waals surface area (Å²) < 4.78 is 23.0. The van der Waals surface area contributed by atoms with Crippen molar-refractivity contribution in [1.82, 2.24) is 0 Å². The number of nitrogens with zero attached hydrogens (tertiary/aromatic N) is 1. The van der Waals surface area contributed by atoms with E-state index in [4.69, 9.17) is 10.7 Å². The summed E-state index contributed by atoms with van der Waals surface area (Å²) in [6, 6.07) is 5.28. The van der Waals surface area contributed by atoms with E-state index in [-0.39, 0.29) is 10.4 Å². The molecule has 0 spiro atoms. The quantitative estimate of drug-likeness (QED) is 0.739. The Morgan fingerprint density at radius 2 is 1.94 bits per heavy atom. The maximum Gasteiger partial charge on any atom is 0.261 e. The van der Waals surface area contributed by atoms with Crippen LogP contribution in [0.2, 0.25) is 0 Å². The zero-order valence-corrected chi connectivity index (χ0v) is 11.8. The van der Waals surface area contributed by atoms with Crippen LogP contribution in [-0.2, 0) is 15.5 Å². The Bertz CT molecular complexity index is 546. The highest BCUT2D eigenvalue weighted by Crippen LogP contribution is 2.37. The van der Waals surface area contributed by atoms with E-state index in [0.29, 0.717) is 0 Å². The minimum Gasteiger partial charge on any atom is -0.366 e. The van der Waals surface area contributed by atoms with E-state index in [1.807, 2.05) is 6.07 Å². The normalized spacial score (nSPS) is 16.1. The van der Waals surface area contributed by atoms with Crippen molar-refractivity contribution in [2.24, 2.45) is 0 Å².